The lowest BCUT2D eigenvalue weighted by molar-refractivity contribution is 0.00578. The fraction of sp³-hybridized carbons (Fsp3) is 0.571. The number of aliphatic hydroxyl groups excluding tert-OH is 1. The Kier molecular flexibility index (Phi) is 4.70. The minimum absolute atomic E-state index is 0.0248. The first-order valence-corrected chi connectivity index (χ1v) is 8.63. The van der Waals surface area contributed by atoms with E-state index in [0.29, 0.717) is 5.46 Å². The molecule has 0 aliphatic carbocycles. The highest BCUT2D eigenvalue weighted by molar-refractivity contribution is 7.89. The fourth-order valence-electron chi connectivity index (χ4n) is 2.07. The molecular formula is C14H22BNO5S. The van der Waals surface area contributed by atoms with Gasteiger partial charge in [-0.2, -0.15) is 0 Å². The van der Waals surface area contributed by atoms with Crippen molar-refractivity contribution in [1.82, 2.24) is 4.72 Å². The van der Waals surface area contributed by atoms with Crippen molar-refractivity contribution in [2.24, 2.45) is 0 Å². The van der Waals surface area contributed by atoms with Gasteiger partial charge in [0.05, 0.1) is 22.7 Å². The van der Waals surface area contributed by atoms with E-state index >= 15 is 0 Å². The van der Waals surface area contributed by atoms with E-state index in [1.54, 1.807) is 12.1 Å². The molecule has 0 saturated carbocycles. The van der Waals surface area contributed by atoms with Crippen molar-refractivity contribution in [1.29, 1.82) is 0 Å². The minimum Gasteiger partial charge on any atom is -0.399 e. The summed E-state index contributed by atoms with van der Waals surface area (Å²) >= 11 is 0. The van der Waals surface area contributed by atoms with E-state index in [0.717, 1.165) is 0 Å². The van der Waals surface area contributed by atoms with Crippen LogP contribution in [-0.2, 0) is 19.3 Å². The number of rotatable bonds is 5. The van der Waals surface area contributed by atoms with Crippen LogP contribution in [0.3, 0.4) is 0 Å². The number of benzene rings is 1. The predicted octanol–water partition coefficient (Wildman–Crippen LogP) is 0.256. The highest BCUT2D eigenvalue weighted by Crippen LogP contribution is 2.36. The number of sulfonamides is 1. The van der Waals surface area contributed by atoms with Gasteiger partial charge in [-0.25, -0.2) is 13.1 Å². The SMILES string of the molecule is CC1(C)OB(c2cccc(S(=O)(=O)NCCO)c2)OC1(C)C. The average molecular weight is 327 g/mol. The second-order valence-electron chi connectivity index (χ2n) is 6.28. The second kappa shape index (κ2) is 5.94. The molecule has 0 spiro atoms. The maximum atomic E-state index is 12.1. The summed E-state index contributed by atoms with van der Waals surface area (Å²) in [5.74, 6) is 0. The third-order valence-electron chi connectivity index (χ3n) is 4.10. The molecule has 1 saturated heterocycles. The molecule has 2 rings (SSSR count). The zero-order chi connectivity index (χ0) is 16.6. The molecule has 1 aliphatic heterocycles. The highest BCUT2D eigenvalue weighted by atomic mass is 32.2. The maximum Gasteiger partial charge on any atom is 0.494 e. The van der Waals surface area contributed by atoms with Gasteiger partial charge in [0.1, 0.15) is 0 Å². The van der Waals surface area contributed by atoms with Crippen molar-refractivity contribution < 1.29 is 22.8 Å². The summed E-state index contributed by atoms with van der Waals surface area (Å²) in [6.45, 7) is 7.48. The Morgan fingerprint density at radius 1 is 1.18 bits per heavy atom. The lowest BCUT2D eigenvalue weighted by Crippen LogP contribution is -2.41. The molecule has 22 heavy (non-hydrogen) atoms. The zero-order valence-electron chi connectivity index (χ0n) is 13.3. The van der Waals surface area contributed by atoms with Gasteiger partial charge < -0.3 is 14.4 Å². The molecule has 0 atom stereocenters. The smallest absolute Gasteiger partial charge is 0.399 e. The van der Waals surface area contributed by atoms with Gasteiger partial charge in [0, 0.05) is 6.54 Å². The van der Waals surface area contributed by atoms with Crippen molar-refractivity contribution in [2.45, 2.75) is 43.8 Å². The van der Waals surface area contributed by atoms with Crippen LogP contribution in [0.5, 0.6) is 0 Å². The molecule has 1 aliphatic rings. The normalized spacial score (nSPS) is 20.3. The second-order valence-corrected chi connectivity index (χ2v) is 8.05. The topological polar surface area (TPSA) is 84.9 Å². The maximum absolute atomic E-state index is 12.1. The standard InChI is InChI=1S/C14H22BNO5S/c1-13(2)14(3,4)21-15(20-13)11-6-5-7-12(10-11)22(18,19)16-8-9-17/h5-7,10,16-17H,8-9H2,1-4H3. The van der Waals surface area contributed by atoms with Gasteiger partial charge in [-0.05, 0) is 45.3 Å². The van der Waals surface area contributed by atoms with Crippen molar-refractivity contribution in [2.75, 3.05) is 13.2 Å². The van der Waals surface area contributed by atoms with Crippen LogP contribution in [0.2, 0.25) is 0 Å². The first-order valence-electron chi connectivity index (χ1n) is 7.15. The Labute approximate surface area is 132 Å². The molecule has 1 aromatic rings. The van der Waals surface area contributed by atoms with Gasteiger partial charge in [0.25, 0.3) is 0 Å². The lowest BCUT2D eigenvalue weighted by Gasteiger charge is -2.32. The summed E-state index contributed by atoms with van der Waals surface area (Å²) in [5.41, 5.74) is -0.325. The summed E-state index contributed by atoms with van der Waals surface area (Å²) in [5, 5.41) is 8.75. The van der Waals surface area contributed by atoms with E-state index in [9.17, 15) is 8.42 Å². The van der Waals surface area contributed by atoms with Crippen molar-refractivity contribution in [3.05, 3.63) is 24.3 Å². The van der Waals surface area contributed by atoms with Crippen LogP contribution in [0.1, 0.15) is 27.7 Å². The van der Waals surface area contributed by atoms with Crippen molar-refractivity contribution in [3.8, 4) is 0 Å². The van der Waals surface area contributed by atoms with E-state index in [1.165, 1.54) is 12.1 Å². The molecule has 1 fully saturated rings. The summed E-state index contributed by atoms with van der Waals surface area (Å²) in [7, 11) is -4.27. The predicted molar refractivity (Wildman–Crippen MR) is 84.4 cm³/mol. The number of nitrogens with one attached hydrogen (secondary N) is 1. The zero-order valence-corrected chi connectivity index (χ0v) is 14.1. The first-order chi connectivity index (χ1) is 10.1. The molecule has 122 valence electrons. The van der Waals surface area contributed by atoms with Crippen LogP contribution >= 0.6 is 0 Å². The number of hydrogen-bond acceptors (Lipinski definition) is 5. The highest BCUT2D eigenvalue weighted by Gasteiger charge is 2.51. The molecule has 1 aromatic carbocycles. The van der Waals surface area contributed by atoms with Gasteiger partial charge in [-0.15, -0.1) is 0 Å². The molecular weight excluding hydrogens is 305 g/mol. The van der Waals surface area contributed by atoms with Crippen LogP contribution in [0.25, 0.3) is 0 Å². The molecule has 0 amide bonds. The van der Waals surface area contributed by atoms with Crippen LogP contribution in [0.15, 0.2) is 29.2 Å². The number of hydrogen-bond donors (Lipinski definition) is 2. The van der Waals surface area contributed by atoms with Gasteiger partial charge in [0.2, 0.25) is 10.0 Å². The van der Waals surface area contributed by atoms with Gasteiger partial charge in [-0.3, -0.25) is 0 Å². The molecule has 6 nitrogen and oxygen atoms in total. The molecule has 0 unspecified atom stereocenters. The van der Waals surface area contributed by atoms with Crippen molar-refractivity contribution in [3.63, 3.8) is 0 Å². The first kappa shape index (κ1) is 17.4. The fourth-order valence-corrected chi connectivity index (χ4v) is 3.15. The largest absolute Gasteiger partial charge is 0.494 e. The summed E-state index contributed by atoms with van der Waals surface area (Å²) in [4.78, 5) is 0.119. The third kappa shape index (κ3) is 3.36. The van der Waals surface area contributed by atoms with Crippen LogP contribution in [-0.4, -0.2) is 45.0 Å². The molecule has 0 bridgehead atoms. The summed E-state index contributed by atoms with van der Waals surface area (Å²) in [6, 6.07) is 6.44. The van der Waals surface area contributed by atoms with Gasteiger partial charge >= 0.3 is 7.12 Å². The minimum atomic E-state index is -3.65. The molecule has 0 aromatic heterocycles. The van der Waals surface area contributed by atoms with Gasteiger partial charge in [-0.1, -0.05) is 12.1 Å². The van der Waals surface area contributed by atoms with Crippen LogP contribution in [0, 0.1) is 0 Å². The lowest BCUT2D eigenvalue weighted by atomic mass is 9.79. The summed E-state index contributed by atoms with van der Waals surface area (Å²) in [6.07, 6.45) is 0. The Morgan fingerprint density at radius 2 is 1.77 bits per heavy atom. The number of aliphatic hydroxyl groups is 1. The Morgan fingerprint density at radius 3 is 2.32 bits per heavy atom. The third-order valence-corrected chi connectivity index (χ3v) is 5.56. The van der Waals surface area contributed by atoms with Crippen molar-refractivity contribution >= 4 is 22.6 Å². The van der Waals surface area contributed by atoms with E-state index < -0.39 is 28.3 Å². The monoisotopic (exact) mass is 327 g/mol. The Hall–Kier alpha value is -0.925. The Balaban J connectivity index is 2.27. The molecule has 1 heterocycles. The summed E-state index contributed by atoms with van der Waals surface area (Å²) < 4.78 is 38.4. The average Bonchev–Trinajstić information content (AvgIpc) is 2.65. The Bertz CT molecular complexity index is 628. The van der Waals surface area contributed by atoms with E-state index in [2.05, 4.69) is 4.72 Å². The van der Waals surface area contributed by atoms with E-state index in [4.69, 9.17) is 14.4 Å². The van der Waals surface area contributed by atoms with E-state index in [1.807, 2.05) is 27.7 Å². The van der Waals surface area contributed by atoms with E-state index in [-0.39, 0.29) is 18.0 Å². The molecule has 8 heteroatoms. The molecule has 2 N–H and O–H groups in total. The quantitative estimate of drug-likeness (QED) is 0.758. The van der Waals surface area contributed by atoms with Crippen LogP contribution < -0.4 is 10.2 Å². The van der Waals surface area contributed by atoms with Gasteiger partial charge in [0.15, 0.2) is 0 Å². The molecule has 0 radical (unpaired) electrons. The van der Waals surface area contributed by atoms with Crippen LogP contribution in [0.4, 0.5) is 0 Å².